The van der Waals surface area contributed by atoms with E-state index < -0.39 is 0 Å². The van der Waals surface area contributed by atoms with Gasteiger partial charge >= 0.3 is 0 Å². The summed E-state index contributed by atoms with van der Waals surface area (Å²) in [6.07, 6.45) is 0. The fraction of sp³-hybridized carbons (Fsp3) is 0.143. The summed E-state index contributed by atoms with van der Waals surface area (Å²) in [4.78, 5) is 0. The Labute approximate surface area is 105 Å². The first-order valence-electron chi connectivity index (χ1n) is 5.45. The molecule has 0 aromatic heterocycles. The van der Waals surface area contributed by atoms with E-state index in [4.69, 9.17) is 5.73 Å². The molecule has 0 aliphatic heterocycles. The highest BCUT2D eigenvalue weighted by Crippen LogP contribution is 2.26. The van der Waals surface area contributed by atoms with Crippen molar-refractivity contribution in [3.8, 4) is 5.75 Å². The number of nitrogen functional groups attached to an aromatic ring is 1. The maximum Gasteiger partial charge on any atom is 0.119 e. The van der Waals surface area contributed by atoms with E-state index in [9.17, 15) is 5.11 Å². The number of phenolic OH excluding ortho intramolecular Hbond substituents is 1. The number of hydrogen-bond acceptors (Lipinski definition) is 3. The molecule has 17 heavy (non-hydrogen) atoms. The highest BCUT2D eigenvalue weighted by atomic mass is 32.2. The molecule has 0 aliphatic carbocycles. The van der Waals surface area contributed by atoms with Crippen LogP contribution in [-0.4, -0.2) is 5.11 Å². The number of rotatable bonds is 4. The van der Waals surface area contributed by atoms with Gasteiger partial charge in [0.25, 0.3) is 0 Å². The second-order valence-electron chi connectivity index (χ2n) is 3.87. The van der Waals surface area contributed by atoms with Crippen LogP contribution in [0, 0.1) is 0 Å². The first-order chi connectivity index (χ1) is 8.25. The van der Waals surface area contributed by atoms with Gasteiger partial charge in [-0.1, -0.05) is 30.3 Å². The number of benzene rings is 2. The van der Waals surface area contributed by atoms with Gasteiger partial charge in [-0.05, 0) is 23.8 Å². The molecule has 0 radical (unpaired) electrons. The summed E-state index contributed by atoms with van der Waals surface area (Å²) in [5, 5.41) is 9.66. The quantitative estimate of drug-likeness (QED) is 0.641. The Morgan fingerprint density at radius 1 is 1.00 bits per heavy atom. The minimum atomic E-state index is 0.319. The van der Waals surface area contributed by atoms with Crippen LogP contribution < -0.4 is 5.73 Å². The molecule has 0 saturated heterocycles. The van der Waals surface area contributed by atoms with Gasteiger partial charge in [-0.2, -0.15) is 11.8 Å². The van der Waals surface area contributed by atoms with Crippen LogP contribution in [0.2, 0.25) is 0 Å². The van der Waals surface area contributed by atoms with Gasteiger partial charge in [-0.3, -0.25) is 0 Å². The van der Waals surface area contributed by atoms with E-state index in [2.05, 4.69) is 12.1 Å². The molecule has 3 N–H and O–H groups in total. The van der Waals surface area contributed by atoms with Gasteiger partial charge < -0.3 is 10.8 Å². The molecule has 0 spiro atoms. The van der Waals surface area contributed by atoms with Crippen LogP contribution in [0.25, 0.3) is 0 Å². The minimum absolute atomic E-state index is 0.319. The molecule has 0 atom stereocenters. The second-order valence-corrected chi connectivity index (χ2v) is 4.85. The zero-order valence-corrected chi connectivity index (χ0v) is 10.3. The van der Waals surface area contributed by atoms with Gasteiger partial charge in [0.15, 0.2) is 0 Å². The van der Waals surface area contributed by atoms with Crippen molar-refractivity contribution in [2.75, 3.05) is 5.73 Å². The van der Waals surface area contributed by atoms with Crippen molar-refractivity contribution in [1.29, 1.82) is 0 Å². The lowest BCUT2D eigenvalue weighted by Crippen LogP contribution is -1.89. The maximum atomic E-state index is 9.66. The molecule has 2 rings (SSSR count). The van der Waals surface area contributed by atoms with E-state index in [1.807, 2.05) is 24.3 Å². The van der Waals surface area contributed by atoms with E-state index in [1.54, 1.807) is 23.9 Å². The number of phenols is 1. The van der Waals surface area contributed by atoms with Crippen LogP contribution in [0.3, 0.4) is 0 Å². The third-order valence-electron chi connectivity index (χ3n) is 2.47. The number of aromatic hydroxyl groups is 1. The van der Waals surface area contributed by atoms with Gasteiger partial charge in [-0.25, -0.2) is 0 Å². The maximum absolute atomic E-state index is 9.66. The molecule has 3 heteroatoms. The second kappa shape index (κ2) is 5.64. The summed E-state index contributed by atoms with van der Waals surface area (Å²) < 4.78 is 0. The molecule has 0 amide bonds. The van der Waals surface area contributed by atoms with Gasteiger partial charge in [0.1, 0.15) is 5.75 Å². The first-order valence-corrected chi connectivity index (χ1v) is 6.60. The normalized spacial score (nSPS) is 10.4. The number of anilines is 1. The fourth-order valence-electron chi connectivity index (χ4n) is 1.57. The van der Waals surface area contributed by atoms with E-state index in [-0.39, 0.29) is 0 Å². The van der Waals surface area contributed by atoms with Crippen LogP contribution in [0.15, 0.2) is 48.5 Å². The van der Waals surface area contributed by atoms with E-state index in [1.165, 1.54) is 5.56 Å². The zero-order valence-electron chi connectivity index (χ0n) is 9.47. The van der Waals surface area contributed by atoms with Crippen molar-refractivity contribution in [2.45, 2.75) is 11.5 Å². The molecule has 2 nitrogen and oxygen atoms in total. The Bertz CT molecular complexity index is 485. The van der Waals surface area contributed by atoms with Crippen molar-refractivity contribution < 1.29 is 5.11 Å². The summed E-state index contributed by atoms with van der Waals surface area (Å²) >= 11 is 1.77. The number of hydrogen-bond donors (Lipinski definition) is 2. The van der Waals surface area contributed by atoms with Gasteiger partial charge in [0, 0.05) is 22.8 Å². The SMILES string of the molecule is Nc1ccc(O)c(CSCc2ccccc2)c1. The van der Waals surface area contributed by atoms with Crippen LogP contribution in [0.4, 0.5) is 5.69 Å². The number of thioether (sulfide) groups is 1. The van der Waals surface area contributed by atoms with Crippen LogP contribution in [0.5, 0.6) is 5.75 Å². The molecular weight excluding hydrogens is 230 g/mol. The molecule has 0 heterocycles. The average Bonchev–Trinajstić information content (AvgIpc) is 2.35. The van der Waals surface area contributed by atoms with Crippen molar-refractivity contribution in [3.63, 3.8) is 0 Å². The Morgan fingerprint density at radius 3 is 2.53 bits per heavy atom. The molecule has 0 unspecified atom stereocenters. The molecule has 0 fully saturated rings. The highest BCUT2D eigenvalue weighted by Gasteiger charge is 2.02. The van der Waals surface area contributed by atoms with Gasteiger partial charge in [0.2, 0.25) is 0 Å². The van der Waals surface area contributed by atoms with E-state index >= 15 is 0 Å². The van der Waals surface area contributed by atoms with E-state index in [0.29, 0.717) is 11.4 Å². The zero-order chi connectivity index (χ0) is 12.1. The van der Waals surface area contributed by atoms with Gasteiger partial charge in [-0.15, -0.1) is 0 Å². The summed E-state index contributed by atoms with van der Waals surface area (Å²) in [5.74, 6) is 2.03. The summed E-state index contributed by atoms with van der Waals surface area (Å²) in [7, 11) is 0. The molecule has 0 bridgehead atoms. The Hall–Kier alpha value is -1.61. The lowest BCUT2D eigenvalue weighted by Gasteiger charge is -2.05. The predicted molar refractivity (Wildman–Crippen MR) is 74.0 cm³/mol. The summed E-state index contributed by atoms with van der Waals surface area (Å²) in [5.41, 5.74) is 8.57. The topological polar surface area (TPSA) is 46.2 Å². The van der Waals surface area contributed by atoms with Crippen molar-refractivity contribution in [1.82, 2.24) is 0 Å². The minimum Gasteiger partial charge on any atom is -0.508 e. The van der Waals surface area contributed by atoms with Gasteiger partial charge in [0.05, 0.1) is 0 Å². The summed E-state index contributed by atoms with van der Waals surface area (Å²) in [6, 6.07) is 15.5. The first kappa shape index (κ1) is 11.9. The number of nitrogens with two attached hydrogens (primary N) is 1. The fourth-order valence-corrected chi connectivity index (χ4v) is 2.56. The lowest BCUT2D eigenvalue weighted by molar-refractivity contribution is 0.471. The molecule has 2 aromatic carbocycles. The van der Waals surface area contributed by atoms with Crippen molar-refractivity contribution >= 4 is 17.4 Å². The van der Waals surface area contributed by atoms with Crippen LogP contribution >= 0.6 is 11.8 Å². The van der Waals surface area contributed by atoms with Crippen LogP contribution in [0.1, 0.15) is 11.1 Å². The van der Waals surface area contributed by atoms with Crippen molar-refractivity contribution in [3.05, 3.63) is 59.7 Å². The van der Waals surface area contributed by atoms with Crippen LogP contribution in [-0.2, 0) is 11.5 Å². The summed E-state index contributed by atoms with van der Waals surface area (Å²) in [6.45, 7) is 0. The Kier molecular flexibility index (Phi) is 3.94. The average molecular weight is 245 g/mol. The standard InChI is InChI=1S/C14H15NOS/c15-13-6-7-14(16)12(8-13)10-17-9-11-4-2-1-3-5-11/h1-8,16H,9-10,15H2. The Balaban J connectivity index is 1.92. The Morgan fingerprint density at radius 2 is 1.76 bits per heavy atom. The smallest absolute Gasteiger partial charge is 0.119 e. The molecule has 88 valence electrons. The molecular formula is C14H15NOS. The monoisotopic (exact) mass is 245 g/mol. The van der Waals surface area contributed by atoms with Crippen molar-refractivity contribution in [2.24, 2.45) is 0 Å². The molecule has 0 aliphatic rings. The molecule has 2 aromatic rings. The third kappa shape index (κ3) is 3.43. The molecule has 0 saturated carbocycles. The van der Waals surface area contributed by atoms with E-state index in [0.717, 1.165) is 17.1 Å². The highest BCUT2D eigenvalue weighted by molar-refractivity contribution is 7.97. The largest absolute Gasteiger partial charge is 0.508 e. The lowest BCUT2D eigenvalue weighted by atomic mass is 10.2. The third-order valence-corrected chi connectivity index (χ3v) is 3.53. The predicted octanol–water partition coefficient (Wildman–Crippen LogP) is 3.41.